The predicted octanol–water partition coefficient (Wildman–Crippen LogP) is 12.2. The summed E-state index contributed by atoms with van der Waals surface area (Å²) < 4.78 is 11.1. The molecule has 0 aliphatic carbocycles. The molecule has 8 N–H and O–H groups in total. The van der Waals surface area contributed by atoms with Crippen LogP contribution in [0.4, 0.5) is 0 Å². The Morgan fingerprint density at radius 1 is 0.456 bits per heavy atom. The largest absolute Gasteiger partial charge is 0.394 e. The van der Waals surface area contributed by atoms with E-state index in [1.165, 1.54) is 212 Å². The van der Waals surface area contributed by atoms with Crippen LogP contribution in [0.25, 0.3) is 0 Å². The first kappa shape index (κ1) is 65.1. The lowest BCUT2D eigenvalue weighted by atomic mass is 9.98. The van der Waals surface area contributed by atoms with E-state index in [0.717, 1.165) is 38.5 Å². The summed E-state index contributed by atoms with van der Waals surface area (Å²) in [6, 6.07) is -1.16. The van der Waals surface area contributed by atoms with Crippen molar-refractivity contribution in [2.24, 2.45) is 0 Å². The van der Waals surface area contributed by atoms with Crippen LogP contribution < -0.4 is 5.32 Å². The normalized spacial score (nSPS) is 20.4. The highest BCUT2D eigenvalue weighted by molar-refractivity contribution is 5.80. The number of nitrogens with one attached hydrogen (secondary N) is 1. The van der Waals surface area contributed by atoms with Gasteiger partial charge in [-0.05, 0) is 12.8 Å². The van der Waals surface area contributed by atoms with Gasteiger partial charge in [0.15, 0.2) is 6.29 Å². The zero-order valence-electron chi connectivity index (χ0n) is 44.4. The molecule has 1 aliphatic heterocycles. The first-order chi connectivity index (χ1) is 33.2. The van der Waals surface area contributed by atoms with Crippen molar-refractivity contribution in [2.45, 2.75) is 345 Å². The van der Waals surface area contributed by atoms with Crippen LogP contribution in [0, 0.1) is 0 Å². The third-order valence-corrected chi connectivity index (χ3v) is 14.7. The molecular weight excluding hydrogens is 859 g/mol. The van der Waals surface area contributed by atoms with Gasteiger partial charge in [0.05, 0.1) is 25.4 Å². The van der Waals surface area contributed by atoms with E-state index >= 15 is 0 Å². The number of hydrogen-bond donors (Lipinski definition) is 8. The summed E-state index contributed by atoms with van der Waals surface area (Å²) in [4.78, 5) is 13.2. The van der Waals surface area contributed by atoms with E-state index in [-0.39, 0.29) is 6.42 Å². The second-order valence-corrected chi connectivity index (χ2v) is 21.1. The standard InChI is InChI=1S/C57H113NO10/c1-3-5-7-9-11-13-15-17-19-21-22-23-24-25-26-27-28-29-31-33-35-37-39-41-43-45-50(61)56(66)58-48(47-67-57-55(65)54(64)53(63)51(46-59)68-57)52(62)49(60)44-42-40-38-36-34-32-30-20-18-16-14-12-10-8-6-4-2/h48-55,57,59-65H,3-47H2,1-2H3,(H,58,66). The summed E-state index contributed by atoms with van der Waals surface area (Å²) in [6.07, 6.45) is 41.6. The van der Waals surface area contributed by atoms with Gasteiger partial charge in [0.2, 0.25) is 5.91 Å². The number of carbonyl (C=O) groups is 1. The van der Waals surface area contributed by atoms with Crippen molar-refractivity contribution >= 4 is 5.91 Å². The van der Waals surface area contributed by atoms with Gasteiger partial charge >= 0.3 is 0 Å². The van der Waals surface area contributed by atoms with Crippen LogP contribution in [0.5, 0.6) is 0 Å². The van der Waals surface area contributed by atoms with Crippen LogP contribution >= 0.6 is 0 Å². The molecule has 0 aromatic rings. The SMILES string of the molecule is CCCCCCCCCCCCCCCCCCCCCCCCCCCC(O)C(=O)NC(COC1OC(CO)C(O)C(O)C1O)C(O)C(O)CCCCCCCCCCCCCCCCCC. The molecule has 406 valence electrons. The number of unbranched alkanes of at least 4 members (excludes halogenated alkanes) is 39. The van der Waals surface area contributed by atoms with Gasteiger partial charge in [-0.3, -0.25) is 4.79 Å². The van der Waals surface area contributed by atoms with Crippen molar-refractivity contribution < 1.29 is 50.0 Å². The maximum atomic E-state index is 13.2. The second-order valence-electron chi connectivity index (χ2n) is 21.1. The van der Waals surface area contributed by atoms with Crippen LogP contribution in [0.3, 0.4) is 0 Å². The van der Waals surface area contributed by atoms with Crippen molar-refractivity contribution in [2.75, 3.05) is 13.2 Å². The molecule has 68 heavy (non-hydrogen) atoms. The fourth-order valence-electron chi connectivity index (χ4n) is 9.86. The molecule has 11 heteroatoms. The number of aliphatic hydroxyl groups excluding tert-OH is 7. The maximum absolute atomic E-state index is 13.2. The van der Waals surface area contributed by atoms with E-state index in [0.29, 0.717) is 19.3 Å². The monoisotopic (exact) mass is 972 g/mol. The summed E-state index contributed by atoms with van der Waals surface area (Å²) in [6.45, 7) is 3.50. The highest BCUT2D eigenvalue weighted by Gasteiger charge is 2.44. The van der Waals surface area contributed by atoms with Crippen LogP contribution in [0.2, 0.25) is 0 Å². The minimum absolute atomic E-state index is 0.267. The van der Waals surface area contributed by atoms with E-state index in [9.17, 15) is 40.5 Å². The van der Waals surface area contributed by atoms with E-state index in [2.05, 4.69) is 19.2 Å². The second kappa shape index (κ2) is 47.1. The third kappa shape index (κ3) is 35.3. The third-order valence-electron chi connectivity index (χ3n) is 14.7. The number of hydrogen-bond acceptors (Lipinski definition) is 10. The van der Waals surface area contributed by atoms with Gasteiger partial charge in [0.25, 0.3) is 0 Å². The Kier molecular flexibility index (Phi) is 45.1. The van der Waals surface area contributed by atoms with Crippen molar-refractivity contribution in [3.63, 3.8) is 0 Å². The fourth-order valence-corrected chi connectivity index (χ4v) is 9.86. The maximum Gasteiger partial charge on any atom is 0.249 e. The molecule has 1 heterocycles. The molecule has 9 unspecified atom stereocenters. The van der Waals surface area contributed by atoms with Crippen molar-refractivity contribution in [1.82, 2.24) is 5.32 Å². The lowest BCUT2D eigenvalue weighted by Crippen LogP contribution is -2.60. The van der Waals surface area contributed by atoms with Gasteiger partial charge < -0.3 is 50.5 Å². The fraction of sp³-hybridized carbons (Fsp3) is 0.982. The highest BCUT2D eigenvalue weighted by atomic mass is 16.7. The van der Waals surface area contributed by atoms with Crippen LogP contribution in [-0.2, 0) is 14.3 Å². The summed E-state index contributed by atoms with van der Waals surface area (Å²) in [5.41, 5.74) is 0. The summed E-state index contributed by atoms with van der Waals surface area (Å²) in [5.74, 6) is -0.689. The number of ether oxygens (including phenoxy) is 2. The molecule has 0 radical (unpaired) electrons. The zero-order chi connectivity index (χ0) is 49.7. The Morgan fingerprint density at radius 2 is 0.765 bits per heavy atom. The number of amides is 1. The van der Waals surface area contributed by atoms with Gasteiger partial charge in [0, 0.05) is 0 Å². The first-order valence-electron chi connectivity index (χ1n) is 29.4. The number of carbonyl (C=O) groups excluding carboxylic acids is 1. The van der Waals surface area contributed by atoms with Crippen molar-refractivity contribution in [1.29, 1.82) is 0 Å². The average molecular weight is 973 g/mol. The quantitative estimate of drug-likeness (QED) is 0.0272. The van der Waals surface area contributed by atoms with Crippen molar-refractivity contribution in [3.8, 4) is 0 Å². The number of aliphatic hydroxyl groups is 7. The van der Waals surface area contributed by atoms with E-state index in [1.807, 2.05) is 0 Å². The number of rotatable bonds is 51. The lowest BCUT2D eigenvalue weighted by molar-refractivity contribution is -0.303. The molecular formula is C57H113NO10. The molecule has 1 fully saturated rings. The molecule has 0 bridgehead atoms. The van der Waals surface area contributed by atoms with Crippen molar-refractivity contribution in [3.05, 3.63) is 0 Å². The molecule has 1 rings (SSSR count). The molecule has 1 saturated heterocycles. The summed E-state index contributed by atoms with van der Waals surface area (Å²) in [5, 5.41) is 76.1. The Bertz CT molecular complexity index is 1070. The Labute approximate surface area is 418 Å². The van der Waals surface area contributed by atoms with Gasteiger partial charge in [-0.15, -0.1) is 0 Å². The molecule has 0 aromatic heterocycles. The van der Waals surface area contributed by atoms with Crippen LogP contribution in [0.15, 0.2) is 0 Å². The van der Waals surface area contributed by atoms with Gasteiger partial charge in [0.1, 0.15) is 36.6 Å². The molecule has 1 amide bonds. The zero-order valence-corrected chi connectivity index (χ0v) is 44.4. The van der Waals surface area contributed by atoms with Crippen LogP contribution in [-0.4, -0.2) is 110 Å². The topological polar surface area (TPSA) is 189 Å². The summed E-state index contributed by atoms with van der Waals surface area (Å²) in [7, 11) is 0. The van der Waals surface area contributed by atoms with E-state index in [1.54, 1.807) is 0 Å². The van der Waals surface area contributed by atoms with E-state index in [4.69, 9.17) is 9.47 Å². The summed E-state index contributed by atoms with van der Waals surface area (Å²) >= 11 is 0. The Balaban J connectivity index is 2.27. The molecule has 0 spiro atoms. The minimum Gasteiger partial charge on any atom is -0.394 e. The lowest BCUT2D eigenvalue weighted by Gasteiger charge is -2.40. The Hall–Kier alpha value is -0.890. The molecule has 0 saturated carbocycles. The average Bonchev–Trinajstić information content (AvgIpc) is 3.34. The van der Waals surface area contributed by atoms with Gasteiger partial charge in [-0.1, -0.05) is 277 Å². The van der Waals surface area contributed by atoms with Crippen LogP contribution in [0.1, 0.15) is 290 Å². The smallest absolute Gasteiger partial charge is 0.249 e. The molecule has 11 nitrogen and oxygen atoms in total. The molecule has 1 aliphatic rings. The minimum atomic E-state index is -1.66. The first-order valence-corrected chi connectivity index (χ1v) is 29.4. The molecule has 9 atom stereocenters. The highest BCUT2D eigenvalue weighted by Crippen LogP contribution is 2.24. The van der Waals surface area contributed by atoms with Gasteiger partial charge in [-0.2, -0.15) is 0 Å². The van der Waals surface area contributed by atoms with E-state index < -0.39 is 74.2 Å². The Morgan fingerprint density at radius 3 is 1.09 bits per heavy atom. The predicted molar refractivity (Wildman–Crippen MR) is 280 cm³/mol. The van der Waals surface area contributed by atoms with Gasteiger partial charge in [-0.25, -0.2) is 0 Å². The molecule has 0 aromatic carbocycles.